The number of rotatable bonds is 2. The van der Waals surface area contributed by atoms with Gasteiger partial charge in [-0.1, -0.05) is 13.0 Å². The van der Waals surface area contributed by atoms with Crippen molar-refractivity contribution in [2.45, 2.75) is 26.9 Å². The van der Waals surface area contributed by atoms with Crippen LogP contribution in [0.5, 0.6) is 0 Å². The highest BCUT2D eigenvalue weighted by molar-refractivity contribution is 5.59. The van der Waals surface area contributed by atoms with Gasteiger partial charge in [0.1, 0.15) is 5.82 Å². The molecule has 3 nitrogen and oxygen atoms in total. The molecule has 1 N–H and O–H groups in total. The summed E-state index contributed by atoms with van der Waals surface area (Å²) in [5.41, 5.74) is 2.98. The third-order valence-corrected chi connectivity index (χ3v) is 2.48. The number of pyridine rings is 1. The van der Waals surface area contributed by atoms with Gasteiger partial charge in [0.15, 0.2) is 0 Å². The van der Waals surface area contributed by atoms with Crippen LogP contribution in [0.4, 0.5) is 0 Å². The Morgan fingerprint density at radius 3 is 2.93 bits per heavy atom. The number of imidazole rings is 1. The lowest BCUT2D eigenvalue weighted by atomic mass is 10.2. The van der Waals surface area contributed by atoms with E-state index in [0.717, 1.165) is 29.0 Å². The summed E-state index contributed by atoms with van der Waals surface area (Å²) in [6.07, 6.45) is 2.87. The number of aryl methyl sites for hydroxylation is 2. The number of aliphatic hydroxyl groups is 1. The van der Waals surface area contributed by atoms with Crippen molar-refractivity contribution < 1.29 is 5.11 Å². The SMILES string of the molecule is CCc1nc(CO)c2c(C)cccn12. The van der Waals surface area contributed by atoms with E-state index < -0.39 is 0 Å². The lowest BCUT2D eigenvalue weighted by Gasteiger charge is -2.00. The average molecular weight is 190 g/mol. The van der Waals surface area contributed by atoms with Crippen LogP contribution in [0, 0.1) is 6.92 Å². The molecule has 14 heavy (non-hydrogen) atoms. The first kappa shape index (κ1) is 9.21. The van der Waals surface area contributed by atoms with Crippen molar-refractivity contribution >= 4 is 5.52 Å². The standard InChI is InChI=1S/C11H14N2O/c1-3-10-12-9(7-14)11-8(2)5-4-6-13(10)11/h4-6,14H,3,7H2,1-2H3. The third-order valence-electron chi connectivity index (χ3n) is 2.48. The molecule has 0 aromatic carbocycles. The molecular formula is C11H14N2O. The minimum Gasteiger partial charge on any atom is -0.390 e. The second-order valence-corrected chi connectivity index (χ2v) is 3.40. The molecule has 2 aromatic heterocycles. The first-order chi connectivity index (χ1) is 6.77. The number of hydrogen-bond acceptors (Lipinski definition) is 2. The summed E-state index contributed by atoms with van der Waals surface area (Å²) >= 11 is 0. The molecular weight excluding hydrogens is 176 g/mol. The molecule has 0 saturated heterocycles. The predicted octanol–water partition coefficient (Wildman–Crippen LogP) is 1.70. The number of hydrogen-bond donors (Lipinski definition) is 1. The Kier molecular flexibility index (Phi) is 2.25. The van der Waals surface area contributed by atoms with Crippen molar-refractivity contribution in [1.82, 2.24) is 9.38 Å². The number of aromatic nitrogens is 2. The summed E-state index contributed by atoms with van der Waals surface area (Å²) in [5.74, 6) is 1.01. The van der Waals surface area contributed by atoms with Gasteiger partial charge in [0.25, 0.3) is 0 Å². The van der Waals surface area contributed by atoms with Crippen molar-refractivity contribution in [3.8, 4) is 0 Å². The highest BCUT2D eigenvalue weighted by Gasteiger charge is 2.09. The zero-order valence-corrected chi connectivity index (χ0v) is 8.49. The van der Waals surface area contributed by atoms with E-state index in [2.05, 4.69) is 16.3 Å². The molecule has 0 atom stereocenters. The van der Waals surface area contributed by atoms with Crippen LogP contribution in [0.25, 0.3) is 5.52 Å². The van der Waals surface area contributed by atoms with Crippen molar-refractivity contribution in [3.05, 3.63) is 35.4 Å². The van der Waals surface area contributed by atoms with Gasteiger partial charge in [-0.25, -0.2) is 4.98 Å². The molecule has 0 spiro atoms. The summed E-state index contributed by atoms with van der Waals surface area (Å²) in [6.45, 7) is 4.11. The number of aliphatic hydroxyl groups excluding tert-OH is 1. The molecule has 74 valence electrons. The van der Waals surface area contributed by atoms with Crippen LogP contribution in [0.2, 0.25) is 0 Å². The Balaban J connectivity index is 2.82. The van der Waals surface area contributed by atoms with Gasteiger partial charge in [-0.05, 0) is 18.6 Å². The zero-order chi connectivity index (χ0) is 10.1. The normalized spacial score (nSPS) is 11.1. The van der Waals surface area contributed by atoms with E-state index in [4.69, 9.17) is 0 Å². The van der Waals surface area contributed by atoms with Gasteiger partial charge in [0.05, 0.1) is 17.8 Å². The summed E-state index contributed by atoms with van der Waals surface area (Å²) in [7, 11) is 0. The maximum Gasteiger partial charge on any atom is 0.113 e. The Hall–Kier alpha value is -1.35. The second kappa shape index (κ2) is 3.42. The lowest BCUT2D eigenvalue weighted by Crippen LogP contribution is -1.92. The molecule has 0 fully saturated rings. The monoisotopic (exact) mass is 190 g/mol. The molecule has 0 amide bonds. The van der Waals surface area contributed by atoms with Gasteiger partial charge >= 0.3 is 0 Å². The van der Waals surface area contributed by atoms with E-state index in [-0.39, 0.29) is 6.61 Å². The van der Waals surface area contributed by atoms with Gasteiger partial charge in [0.2, 0.25) is 0 Å². The van der Waals surface area contributed by atoms with Gasteiger partial charge in [-0.2, -0.15) is 0 Å². The summed E-state index contributed by atoms with van der Waals surface area (Å²) in [6, 6.07) is 4.04. The first-order valence-corrected chi connectivity index (χ1v) is 4.84. The summed E-state index contributed by atoms with van der Waals surface area (Å²) in [5, 5.41) is 9.19. The maximum atomic E-state index is 9.19. The molecule has 0 aliphatic heterocycles. The molecule has 3 heteroatoms. The molecule has 2 heterocycles. The fraction of sp³-hybridized carbons (Fsp3) is 0.364. The Bertz CT molecular complexity index is 460. The largest absolute Gasteiger partial charge is 0.390 e. The highest BCUT2D eigenvalue weighted by atomic mass is 16.3. The minimum atomic E-state index is 0.00829. The second-order valence-electron chi connectivity index (χ2n) is 3.40. The van der Waals surface area contributed by atoms with Crippen LogP contribution < -0.4 is 0 Å². The molecule has 0 bridgehead atoms. The molecule has 0 aliphatic carbocycles. The molecule has 0 unspecified atom stereocenters. The van der Waals surface area contributed by atoms with E-state index in [1.54, 1.807) is 0 Å². The van der Waals surface area contributed by atoms with Gasteiger partial charge in [-0.15, -0.1) is 0 Å². The van der Waals surface area contributed by atoms with Crippen LogP contribution in [0.15, 0.2) is 18.3 Å². The molecule has 2 aromatic rings. The molecule has 0 saturated carbocycles. The van der Waals surface area contributed by atoms with E-state index in [1.807, 2.05) is 25.3 Å². The first-order valence-electron chi connectivity index (χ1n) is 4.84. The smallest absolute Gasteiger partial charge is 0.113 e. The van der Waals surface area contributed by atoms with Crippen molar-refractivity contribution in [3.63, 3.8) is 0 Å². The number of fused-ring (bicyclic) bond motifs is 1. The van der Waals surface area contributed by atoms with E-state index in [0.29, 0.717) is 0 Å². The van der Waals surface area contributed by atoms with E-state index >= 15 is 0 Å². The molecule has 2 rings (SSSR count). The van der Waals surface area contributed by atoms with Crippen LogP contribution in [0.3, 0.4) is 0 Å². The molecule has 0 aliphatic rings. The van der Waals surface area contributed by atoms with Crippen molar-refractivity contribution in [2.75, 3.05) is 0 Å². The van der Waals surface area contributed by atoms with Crippen LogP contribution in [-0.4, -0.2) is 14.5 Å². The average Bonchev–Trinajstić information content (AvgIpc) is 2.57. The minimum absolute atomic E-state index is 0.00829. The number of nitrogens with zero attached hydrogens (tertiary/aromatic N) is 2. The molecule has 0 radical (unpaired) electrons. The fourth-order valence-corrected chi connectivity index (χ4v) is 1.82. The highest BCUT2D eigenvalue weighted by Crippen LogP contribution is 2.17. The maximum absolute atomic E-state index is 9.19. The lowest BCUT2D eigenvalue weighted by molar-refractivity contribution is 0.279. The van der Waals surface area contributed by atoms with Crippen molar-refractivity contribution in [2.24, 2.45) is 0 Å². The third kappa shape index (κ3) is 1.21. The topological polar surface area (TPSA) is 37.5 Å². The zero-order valence-electron chi connectivity index (χ0n) is 8.49. The van der Waals surface area contributed by atoms with Gasteiger partial charge in [-0.3, -0.25) is 0 Å². The predicted molar refractivity (Wildman–Crippen MR) is 55.2 cm³/mol. The van der Waals surface area contributed by atoms with Crippen LogP contribution >= 0.6 is 0 Å². The summed E-state index contributed by atoms with van der Waals surface area (Å²) < 4.78 is 2.06. The Morgan fingerprint density at radius 1 is 1.50 bits per heavy atom. The fourth-order valence-electron chi connectivity index (χ4n) is 1.82. The summed E-state index contributed by atoms with van der Waals surface area (Å²) in [4.78, 5) is 4.40. The van der Waals surface area contributed by atoms with Crippen LogP contribution in [-0.2, 0) is 13.0 Å². The van der Waals surface area contributed by atoms with Gasteiger partial charge in [0, 0.05) is 12.6 Å². The Morgan fingerprint density at radius 2 is 2.29 bits per heavy atom. The van der Waals surface area contributed by atoms with Gasteiger partial charge < -0.3 is 9.51 Å². The van der Waals surface area contributed by atoms with E-state index in [9.17, 15) is 5.11 Å². The van der Waals surface area contributed by atoms with Crippen LogP contribution in [0.1, 0.15) is 24.0 Å². The Labute approximate surface area is 83.0 Å². The van der Waals surface area contributed by atoms with E-state index in [1.165, 1.54) is 0 Å². The quantitative estimate of drug-likeness (QED) is 0.782. The van der Waals surface area contributed by atoms with Crippen molar-refractivity contribution in [1.29, 1.82) is 0 Å².